The molecule has 0 unspecified atom stereocenters. The zero-order valence-corrected chi connectivity index (χ0v) is 18.6. The maximum Gasteiger partial charge on any atom is 0.573 e. The van der Waals surface area contributed by atoms with E-state index in [1.807, 2.05) is 0 Å². The van der Waals surface area contributed by atoms with Crippen LogP contribution in [-0.2, 0) is 6.18 Å². The van der Waals surface area contributed by atoms with Gasteiger partial charge in [0.15, 0.2) is 23.1 Å². The molecule has 3 rings (SSSR count). The van der Waals surface area contributed by atoms with Crippen molar-refractivity contribution < 1.29 is 58.9 Å². The largest absolute Gasteiger partial charge is 0.573 e. The number of methoxy groups -OCH3 is 1. The van der Waals surface area contributed by atoms with E-state index in [-0.39, 0.29) is 6.07 Å². The molecule has 0 aliphatic carbocycles. The highest BCUT2D eigenvalue weighted by molar-refractivity contribution is 6.07. The Kier molecular flexibility index (Phi) is 7.64. The van der Waals surface area contributed by atoms with E-state index in [2.05, 4.69) is 9.72 Å². The SMILES string of the molecule is COc1cc(OC(F)(F)F)ccc1Oc1ccc(C(F)(F)F)c(F)c1C(=O)Nc1cc(C(N)=O)ncc1F. The average molecular weight is 551 g/mol. The van der Waals surface area contributed by atoms with Gasteiger partial charge in [-0.2, -0.15) is 13.2 Å². The van der Waals surface area contributed by atoms with Gasteiger partial charge in [-0.1, -0.05) is 0 Å². The number of pyridine rings is 1. The van der Waals surface area contributed by atoms with E-state index in [9.17, 15) is 40.3 Å². The maximum absolute atomic E-state index is 15.0. The Balaban J connectivity index is 2.08. The number of benzene rings is 2. The van der Waals surface area contributed by atoms with Crippen LogP contribution in [-0.4, -0.2) is 30.3 Å². The molecule has 0 aliphatic heterocycles. The zero-order valence-electron chi connectivity index (χ0n) is 18.6. The van der Waals surface area contributed by atoms with Crippen LogP contribution in [0.1, 0.15) is 26.4 Å². The van der Waals surface area contributed by atoms with Crippen molar-refractivity contribution in [1.29, 1.82) is 0 Å². The van der Waals surface area contributed by atoms with E-state index < -0.39 is 81.5 Å². The fourth-order valence-corrected chi connectivity index (χ4v) is 2.98. The van der Waals surface area contributed by atoms with E-state index in [1.165, 1.54) is 0 Å². The summed E-state index contributed by atoms with van der Waals surface area (Å²) < 4.78 is 121. The van der Waals surface area contributed by atoms with Crippen LogP contribution in [0.15, 0.2) is 42.6 Å². The third-order valence-electron chi connectivity index (χ3n) is 4.58. The van der Waals surface area contributed by atoms with E-state index in [1.54, 1.807) is 5.32 Å². The molecule has 0 saturated heterocycles. The van der Waals surface area contributed by atoms with Gasteiger partial charge < -0.3 is 25.3 Å². The summed E-state index contributed by atoms with van der Waals surface area (Å²) in [5.41, 5.74) is 0.454. The lowest BCUT2D eigenvalue weighted by Crippen LogP contribution is -2.20. The molecule has 38 heavy (non-hydrogen) atoms. The average Bonchev–Trinajstić information content (AvgIpc) is 2.79. The standard InChI is InChI=1S/C22H13F8N3O5/c1-36-16-6-9(38-22(28,29)30)2-4-14(16)37-15-5-3-10(21(25,26)27)18(24)17(15)20(35)33-12-7-13(19(31)34)32-8-11(12)23/h2-8H,1H3,(H2,31,34)(H,32,33,35). The van der Waals surface area contributed by atoms with E-state index in [0.717, 1.165) is 19.2 Å². The Bertz CT molecular complexity index is 1390. The van der Waals surface area contributed by atoms with Gasteiger partial charge >= 0.3 is 12.5 Å². The molecule has 1 aromatic heterocycles. The van der Waals surface area contributed by atoms with Crippen LogP contribution in [0, 0.1) is 11.6 Å². The van der Waals surface area contributed by atoms with Crippen LogP contribution in [0.2, 0.25) is 0 Å². The molecule has 3 aromatic rings. The molecular weight excluding hydrogens is 538 g/mol. The number of anilines is 1. The number of nitrogens with zero attached hydrogens (tertiary/aromatic N) is 1. The minimum atomic E-state index is -5.27. The second-order valence-corrected chi connectivity index (χ2v) is 7.13. The zero-order chi connectivity index (χ0) is 28.4. The summed E-state index contributed by atoms with van der Waals surface area (Å²) in [6, 6.07) is 3.76. The lowest BCUT2D eigenvalue weighted by atomic mass is 10.1. The van der Waals surface area contributed by atoms with Crippen LogP contribution < -0.4 is 25.3 Å². The first-order valence-electron chi connectivity index (χ1n) is 9.88. The van der Waals surface area contributed by atoms with Crippen molar-refractivity contribution in [2.75, 3.05) is 12.4 Å². The highest BCUT2D eigenvalue weighted by Gasteiger charge is 2.38. The smallest absolute Gasteiger partial charge is 0.493 e. The van der Waals surface area contributed by atoms with Gasteiger partial charge in [0.2, 0.25) is 0 Å². The molecule has 0 aliphatic rings. The number of primary amides is 1. The number of carbonyl (C=O) groups is 2. The van der Waals surface area contributed by atoms with Crippen LogP contribution in [0.4, 0.5) is 40.8 Å². The molecule has 3 N–H and O–H groups in total. The Morgan fingerprint density at radius 2 is 1.61 bits per heavy atom. The van der Waals surface area contributed by atoms with Crippen molar-refractivity contribution in [1.82, 2.24) is 4.98 Å². The highest BCUT2D eigenvalue weighted by Crippen LogP contribution is 2.41. The number of carbonyl (C=O) groups excluding carboxylic acids is 2. The molecule has 202 valence electrons. The predicted octanol–water partition coefficient (Wildman–Crippen LogP) is 5.43. The second-order valence-electron chi connectivity index (χ2n) is 7.13. The van der Waals surface area contributed by atoms with Crippen molar-refractivity contribution >= 4 is 17.5 Å². The first-order chi connectivity index (χ1) is 17.6. The lowest BCUT2D eigenvalue weighted by Gasteiger charge is -2.18. The van der Waals surface area contributed by atoms with Gasteiger partial charge in [-0.25, -0.2) is 13.8 Å². The molecule has 0 fully saturated rings. The number of halogens is 8. The van der Waals surface area contributed by atoms with Crippen LogP contribution >= 0.6 is 0 Å². The van der Waals surface area contributed by atoms with E-state index in [0.29, 0.717) is 24.4 Å². The number of alkyl halides is 6. The minimum absolute atomic E-state index is 0.243. The van der Waals surface area contributed by atoms with Gasteiger partial charge in [-0.15, -0.1) is 13.2 Å². The molecule has 2 aromatic carbocycles. The molecule has 16 heteroatoms. The van der Waals surface area contributed by atoms with Crippen molar-refractivity contribution in [3.05, 3.63) is 71.1 Å². The van der Waals surface area contributed by atoms with Gasteiger partial charge in [0, 0.05) is 6.07 Å². The van der Waals surface area contributed by atoms with Gasteiger partial charge in [0.25, 0.3) is 11.8 Å². The first-order valence-corrected chi connectivity index (χ1v) is 9.88. The number of ether oxygens (including phenoxy) is 3. The molecule has 0 atom stereocenters. The number of aromatic nitrogens is 1. The van der Waals surface area contributed by atoms with Crippen molar-refractivity contribution in [3.8, 4) is 23.0 Å². The van der Waals surface area contributed by atoms with Gasteiger partial charge in [-0.05, 0) is 30.3 Å². The third-order valence-corrected chi connectivity index (χ3v) is 4.58. The van der Waals surface area contributed by atoms with Gasteiger partial charge in [0.1, 0.15) is 22.8 Å². The lowest BCUT2D eigenvalue weighted by molar-refractivity contribution is -0.274. The number of hydrogen-bond acceptors (Lipinski definition) is 6. The summed E-state index contributed by atoms with van der Waals surface area (Å²) in [6.07, 6.45) is -9.86. The molecule has 0 radical (unpaired) electrons. The number of rotatable bonds is 7. The normalized spacial score (nSPS) is 11.6. The molecule has 0 bridgehead atoms. The Labute approximate surface area is 206 Å². The topological polar surface area (TPSA) is 113 Å². The molecular formula is C22H13F8N3O5. The summed E-state index contributed by atoms with van der Waals surface area (Å²) in [4.78, 5) is 27.5. The molecule has 1 heterocycles. The molecule has 8 nitrogen and oxygen atoms in total. The Hall–Kier alpha value is -4.63. The molecule has 2 amide bonds. The predicted molar refractivity (Wildman–Crippen MR) is 112 cm³/mol. The van der Waals surface area contributed by atoms with Gasteiger partial charge in [0.05, 0.1) is 24.6 Å². The summed E-state index contributed by atoms with van der Waals surface area (Å²) in [7, 11) is 1.00. The monoisotopic (exact) mass is 551 g/mol. The van der Waals surface area contributed by atoms with Crippen LogP contribution in [0.25, 0.3) is 0 Å². The number of nitrogens with two attached hydrogens (primary N) is 1. The second kappa shape index (κ2) is 10.4. The Morgan fingerprint density at radius 3 is 2.18 bits per heavy atom. The van der Waals surface area contributed by atoms with Crippen molar-refractivity contribution in [3.63, 3.8) is 0 Å². The number of hydrogen-bond donors (Lipinski definition) is 2. The summed E-state index contributed by atoms with van der Waals surface area (Å²) >= 11 is 0. The molecule has 0 saturated carbocycles. The fraction of sp³-hybridized carbons (Fsp3) is 0.136. The number of amides is 2. The fourth-order valence-electron chi connectivity index (χ4n) is 2.98. The van der Waals surface area contributed by atoms with E-state index in [4.69, 9.17) is 15.2 Å². The third kappa shape index (κ3) is 6.37. The number of nitrogens with one attached hydrogen (secondary N) is 1. The molecule has 0 spiro atoms. The maximum atomic E-state index is 15.0. The van der Waals surface area contributed by atoms with Crippen LogP contribution in [0.5, 0.6) is 23.0 Å². The quantitative estimate of drug-likeness (QED) is 0.379. The summed E-state index contributed by atoms with van der Waals surface area (Å²) in [6.45, 7) is 0. The summed E-state index contributed by atoms with van der Waals surface area (Å²) in [5, 5.41) is 1.81. The first kappa shape index (κ1) is 27.9. The Morgan fingerprint density at radius 1 is 0.947 bits per heavy atom. The van der Waals surface area contributed by atoms with Gasteiger partial charge in [-0.3, -0.25) is 9.59 Å². The van der Waals surface area contributed by atoms with Crippen molar-refractivity contribution in [2.24, 2.45) is 5.73 Å². The van der Waals surface area contributed by atoms with Crippen LogP contribution in [0.3, 0.4) is 0 Å². The highest BCUT2D eigenvalue weighted by atomic mass is 19.4. The van der Waals surface area contributed by atoms with E-state index >= 15 is 4.39 Å². The van der Waals surface area contributed by atoms with Crippen molar-refractivity contribution in [2.45, 2.75) is 12.5 Å². The minimum Gasteiger partial charge on any atom is -0.493 e. The summed E-state index contributed by atoms with van der Waals surface area (Å²) in [5.74, 6) is -8.67.